The molecule has 4 rings (SSSR count). The van der Waals surface area contributed by atoms with E-state index in [1.807, 2.05) is 30.3 Å². The van der Waals surface area contributed by atoms with Crippen LogP contribution in [0.4, 0.5) is 4.39 Å². The summed E-state index contributed by atoms with van der Waals surface area (Å²) >= 11 is 0. The number of carbonyl (C=O) groups excluding carboxylic acids is 1. The lowest BCUT2D eigenvalue weighted by Crippen LogP contribution is -2.42. The first-order valence-electron chi connectivity index (χ1n) is 8.51. The molecule has 1 saturated heterocycles. The van der Waals surface area contributed by atoms with Crippen LogP contribution in [0.15, 0.2) is 66.4 Å². The summed E-state index contributed by atoms with van der Waals surface area (Å²) in [5.41, 5.74) is 2.29. The van der Waals surface area contributed by atoms with Crippen molar-refractivity contribution in [2.75, 3.05) is 19.7 Å². The van der Waals surface area contributed by atoms with Crippen molar-refractivity contribution >= 4 is 12.0 Å². The maximum atomic E-state index is 13.1. The standard InChI is InChI=1S/C21H18FNO3/c22-18-7-5-15(6-8-18)20-14-23(10-12-26-20)21(24)17-9-11-25-19-4-2-1-3-16(19)13-17/h1-9,11,13,20H,10,12,14H2/t20-/m0/s1. The molecule has 132 valence electrons. The van der Waals surface area contributed by atoms with Gasteiger partial charge >= 0.3 is 0 Å². The van der Waals surface area contributed by atoms with Gasteiger partial charge < -0.3 is 14.4 Å². The van der Waals surface area contributed by atoms with Gasteiger partial charge in [-0.05, 0) is 35.9 Å². The molecule has 26 heavy (non-hydrogen) atoms. The van der Waals surface area contributed by atoms with Crippen molar-refractivity contribution in [3.05, 3.63) is 83.4 Å². The van der Waals surface area contributed by atoms with Gasteiger partial charge in [0.05, 0.1) is 19.4 Å². The third-order valence-corrected chi connectivity index (χ3v) is 4.52. The molecule has 1 fully saturated rings. The molecule has 2 aromatic carbocycles. The highest BCUT2D eigenvalue weighted by atomic mass is 19.1. The van der Waals surface area contributed by atoms with Crippen LogP contribution >= 0.6 is 0 Å². The van der Waals surface area contributed by atoms with Crippen molar-refractivity contribution in [1.82, 2.24) is 4.90 Å². The van der Waals surface area contributed by atoms with Crippen LogP contribution in [0.5, 0.6) is 5.75 Å². The zero-order valence-electron chi connectivity index (χ0n) is 14.1. The van der Waals surface area contributed by atoms with Gasteiger partial charge in [0.2, 0.25) is 0 Å². The molecular formula is C21H18FNO3. The number of amides is 1. The molecule has 0 unspecified atom stereocenters. The van der Waals surface area contributed by atoms with Gasteiger partial charge in [0, 0.05) is 17.7 Å². The molecule has 0 aliphatic carbocycles. The first-order valence-corrected chi connectivity index (χ1v) is 8.51. The number of para-hydroxylation sites is 1. The van der Waals surface area contributed by atoms with Crippen LogP contribution < -0.4 is 4.74 Å². The SMILES string of the molecule is O=C(C1=Cc2ccccc2OC=C1)N1CCO[C@H](c2ccc(F)cc2)C1. The number of benzene rings is 2. The second kappa shape index (κ2) is 7.14. The van der Waals surface area contributed by atoms with Crippen LogP contribution in [0.1, 0.15) is 17.2 Å². The monoisotopic (exact) mass is 351 g/mol. The van der Waals surface area contributed by atoms with Crippen molar-refractivity contribution < 1.29 is 18.7 Å². The van der Waals surface area contributed by atoms with Gasteiger partial charge in [-0.25, -0.2) is 4.39 Å². The Morgan fingerprint density at radius 1 is 1.12 bits per heavy atom. The predicted octanol–water partition coefficient (Wildman–Crippen LogP) is 3.72. The fourth-order valence-electron chi connectivity index (χ4n) is 3.13. The molecule has 2 aliphatic heterocycles. The summed E-state index contributed by atoms with van der Waals surface area (Å²) in [7, 11) is 0. The summed E-state index contributed by atoms with van der Waals surface area (Å²) in [4.78, 5) is 14.7. The maximum absolute atomic E-state index is 13.1. The van der Waals surface area contributed by atoms with Gasteiger partial charge in [0.15, 0.2) is 0 Å². The Balaban J connectivity index is 1.54. The number of hydrogen-bond acceptors (Lipinski definition) is 3. The van der Waals surface area contributed by atoms with E-state index in [0.29, 0.717) is 25.3 Å². The Morgan fingerprint density at radius 2 is 1.92 bits per heavy atom. The van der Waals surface area contributed by atoms with Crippen LogP contribution in [-0.2, 0) is 9.53 Å². The van der Waals surface area contributed by atoms with E-state index >= 15 is 0 Å². The van der Waals surface area contributed by atoms with E-state index in [1.165, 1.54) is 18.4 Å². The Bertz CT molecular complexity index is 873. The third-order valence-electron chi connectivity index (χ3n) is 4.52. The number of hydrogen-bond donors (Lipinski definition) is 0. The zero-order valence-corrected chi connectivity index (χ0v) is 14.1. The Labute approximate surface area is 151 Å². The molecule has 0 bridgehead atoms. The van der Waals surface area contributed by atoms with E-state index in [9.17, 15) is 9.18 Å². The molecular weight excluding hydrogens is 333 g/mol. The van der Waals surface area contributed by atoms with Crippen molar-refractivity contribution in [1.29, 1.82) is 0 Å². The van der Waals surface area contributed by atoms with Crippen molar-refractivity contribution in [3.8, 4) is 5.75 Å². The lowest BCUT2D eigenvalue weighted by atomic mass is 10.1. The molecule has 2 aliphatic rings. The number of halogens is 1. The molecule has 0 aromatic heterocycles. The summed E-state index contributed by atoms with van der Waals surface area (Å²) in [6.45, 7) is 1.39. The lowest BCUT2D eigenvalue weighted by Gasteiger charge is -2.33. The first kappa shape index (κ1) is 16.5. The van der Waals surface area contributed by atoms with E-state index in [2.05, 4.69) is 0 Å². The minimum absolute atomic E-state index is 0.0723. The third kappa shape index (κ3) is 3.39. The van der Waals surface area contributed by atoms with Crippen LogP contribution in [-0.4, -0.2) is 30.5 Å². The molecule has 2 aromatic rings. The van der Waals surface area contributed by atoms with Crippen molar-refractivity contribution in [2.24, 2.45) is 0 Å². The van der Waals surface area contributed by atoms with Gasteiger partial charge in [-0.1, -0.05) is 30.3 Å². The van der Waals surface area contributed by atoms with E-state index in [0.717, 1.165) is 16.9 Å². The van der Waals surface area contributed by atoms with Gasteiger partial charge in [-0.15, -0.1) is 0 Å². The molecule has 5 heteroatoms. The van der Waals surface area contributed by atoms with Crippen LogP contribution in [0, 0.1) is 5.82 Å². The van der Waals surface area contributed by atoms with Gasteiger partial charge in [-0.2, -0.15) is 0 Å². The Morgan fingerprint density at radius 3 is 2.77 bits per heavy atom. The highest BCUT2D eigenvalue weighted by Gasteiger charge is 2.27. The number of fused-ring (bicyclic) bond motifs is 1. The highest BCUT2D eigenvalue weighted by Crippen LogP contribution is 2.27. The van der Waals surface area contributed by atoms with Gasteiger partial charge in [-0.3, -0.25) is 4.79 Å². The minimum Gasteiger partial charge on any atom is -0.464 e. The van der Waals surface area contributed by atoms with Crippen molar-refractivity contribution in [2.45, 2.75) is 6.10 Å². The molecule has 0 saturated carbocycles. The number of morpholine rings is 1. The predicted molar refractivity (Wildman–Crippen MR) is 95.9 cm³/mol. The Kier molecular flexibility index (Phi) is 4.54. The fraction of sp³-hybridized carbons (Fsp3) is 0.190. The summed E-state index contributed by atoms with van der Waals surface area (Å²) < 4.78 is 24.5. The number of rotatable bonds is 2. The van der Waals surface area contributed by atoms with Gasteiger partial charge in [0.25, 0.3) is 5.91 Å². The largest absolute Gasteiger partial charge is 0.464 e. The summed E-state index contributed by atoms with van der Waals surface area (Å²) in [5.74, 6) is 0.361. The molecule has 0 N–H and O–H groups in total. The zero-order chi connectivity index (χ0) is 17.9. The number of nitrogens with zero attached hydrogens (tertiary/aromatic N) is 1. The number of carbonyl (C=O) groups is 1. The van der Waals surface area contributed by atoms with Gasteiger partial charge in [0.1, 0.15) is 17.7 Å². The summed E-state index contributed by atoms with van der Waals surface area (Å²) in [6.07, 6.45) is 4.80. The fourth-order valence-corrected chi connectivity index (χ4v) is 3.13. The topological polar surface area (TPSA) is 38.8 Å². The van der Waals surface area contributed by atoms with E-state index in [4.69, 9.17) is 9.47 Å². The smallest absolute Gasteiger partial charge is 0.254 e. The van der Waals surface area contributed by atoms with Crippen molar-refractivity contribution in [3.63, 3.8) is 0 Å². The van der Waals surface area contributed by atoms with E-state index < -0.39 is 0 Å². The summed E-state index contributed by atoms with van der Waals surface area (Å²) in [6, 6.07) is 13.8. The van der Waals surface area contributed by atoms with Crippen LogP contribution in [0.25, 0.3) is 6.08 Å². The average molecular weight is 351 g/mol. The normalized spacial score (nSPS) is 19.2. The number of ether oxygens (including phenoxy) is 2. The molecule has 4 nitrogen and oxygen atoms in total. The maximum Gasteiger partial charge on any atom is 0.254 e. The molecule has 0 radical (unpaired) electrons. The van der Waals surface area contributed by atoms with E-state index in [-0.39, 0.29) is 17.8 Å². The first-order chi connectivity index (χ1) is 12.7. The Hall–Kier alpha value is -2.92. The summed E-state index contributed by atoms with van der Waals surface area (Å²) in [5, 5.41) is 0. The lowest BCUT2D eigenvalue weighted by molar-refractivity contribution is -0.134. The average Bonchev–Trinajstić information content (AvgIpc) is 2.90. The minimum atomic E-state index is -0.287. The second-order valence-electron chi connectivity index (χ2n) is 6.22. The highest BCUT2D eigenvalue weighted by molar-refractivity contribution is 6.01. The molecule has 0 spiro atoms. The van der Waals surface area contributed by atoms with E-state index in [1.54, 1.807) is 23.1 Å². The second-order valence-corrected chi connectivity index (χ2v) is 6.22. The van der Waals surface area contributed by atoms with Crippen LogP contribution in [0.3, 0.4) is 0 Å². The quantitative estimate of drug-likeness (QED) is 0.828. The molecule has 2 heterocycles. The molecule has 1 amide bonds. The molecule has 1 atom stereocenters. The van der Waals surface area contributed by atoms with Crippen LogP contribution in [0.2, 0.25) is 0 Å².